The molecule has 174 valence electrons. The molecule has 1 aromatic carbocycles. The molecule has 0 radical (unpaired) electrons. The number of hydrogen-bond acceptors (Lipinski definition) is 3. The zero-order chi connectivity index (χ0) is 23.8. The summed E-state index contributed by atoms with van der Waals surface area (Å²) in [5, 5.41) is 0. The number of carbonyl (C=O) groups excluding carboxylic acids is 1. The van der Waals surface area contributed by atoms with Gasteiger partial charge >= 0.3 is 12.4 Å². The van der Waals surface area contributed by atoms with Gasteiger partial charge in [-0.25, -0.2) is 9.37 Å². The molecule has 1 aliphatic heterocycles. The number of anilines is 2. The van der Waals surface area contributed by atoms with Crippen LogP contribution in [-0.4, -0.2) is 30.5 Å². The summed E-state index contributed by atoms with van der Waals surface area (Å²) < 4.78 is 94.7. The molecule has 0 spiro atoms. The first-order valence-corrected chi connectivity index (χ1v) is 9.82. The van der Waals surface area contributed by atoms with Crippen LogP contribution in [0.1, 0.15) is 35.7 Å². The lowest BCUT2D eigenvalue weighted by Crippen LogP contribution is -2.39. The number of benzene rings is 1. The van der Waals surface area contributed by atoms with E-state index >= 15 is 0 Å². The number of pyridine rings is 1. The number of nitrogens with zero attached hydrogens (tertiary/aromatic N) is 3. The SMILES string of the molecule is CCN(C(=O)Cc1c(N2CCC2)cc(C(F)(F)F)cc1C(F)(F)F)c1ccc(F)c(C)n1. The van der Waals surface area contributed by atoms with E-state index in [1.165, 1.54) is 17.9 Å². The first kappa shape index (κ1) is 23.8. The number of hydrogen-bond donors (Lipinski definition) is 0. The molecule has 0 unspecified atom stereocenters. The quantitative estimate of drug-likeness (QED) is 0.560. The van der Waals surface area contributed by atoms with Gasteiger partial charge in [-0.2, -0.15) is 26.3 Å². The maximum atomic E-state index is 13.8. The molecule has 11 heteroatoms. The van der Waals surface area contributed by atoms with Crippen molar-refractivity contribution in [1.29, 1.82) is 0 Å². The third kappa shape index (κ3) is 4.81. The lowest BCUT2D eigenvalue weighted by atomic mass is 9.95. The van der Waals surface area contributed by atoms with Crippen LogP contribution in [0.4, 0.5) is 42.2 Å². The molecule has 4 nitrogen and oxygen atoms in total. The lowest BCUT2D eigenvalue weighted by Gasteiger charge is -2.36. The predicted molar refractivity (Wildman–Crippen MR) is 104 cm³/mol. The highest BCUT2D eigenvalue weighted by Crippen LogP contribution is 2.43. The summed E-state index contributed by atoms with van der Waals surface area (Å²) in [5.74, 6) is -1.36. The summed E-state index contributed by atoms with van der Waals surface area (Å²) in [6, 6.07) is 3.01. The molecule has 1 amide bonds. The summed E-state index contributed by atoms with van der Waals surface area (Å²) in [6.07, 6.45) is -10.2. The number of carbonyl (C=O) groups is 1. The van der Waals surface area contributed by atoms with E-state index in [-0.39, 0.29) is 42.9 Å². The number of likely N-dealkylation sites (N-methyl/N-ethyl adjacent to an activating group) is 1. The van der Waals surface area contributed by atoms with Crippen molar-refractivity contribution in [2.75, 3.05) is 29.4 Å². The van der Waals surface area contributed by atoms with Gasteiger partial charge in [0.05, 0.1) is 23.2 Å². The van der Waals surface area contributed by atoms with E-state index < -0.39 is 47.2 Å². The molecule has 0 atom stereocenters. The molecule has 1 aromatic heterocycles. The van der Waals surface area contributed by atoms with Crippen molar-refractivity contribution in [2.24, 2.45) is 0 Å². The van der Waals surface area contributed by atoms with Gasteiger partial charge in [-0.3, -0.25) is 9.69 Å². The van der Waals surface area contributed by atoms with Crippen LogP contribution in [0.3, 0.4) is 0 Å². The van der Waals surface area contributed by atoms with E-state index in [9.17, 15) is 35.5 Å². The van der Waals surface area contributed by atoms with Crippen molar-refractivity contribution < 1.29 is 35.5 Å². The first-order chi connectivity index (χ1) is 14.8. The Balaban J connectivity index is 2.08. The van der Waals surface area contributed by atoms with Gasteiger partial charge in [-0.1, -0.05) is 0 Å². The monoisotopic (exact) mass is 463 g/mol. The molecule has 32 heavy (non-hydrogen) atoms. The smallest absolute Gasteiger partial charge is 0.371 e. The Hall–Kier alpha value is -2.85. The second-order valence-electron chi connectivity index (χ2n) is 7.41. The van der Waals surface area contributed by atoms with Crippen molar-refractivity contribution in [3.05, 3.63) is 52.5 Å². The van der Waals surface area contributed by atoms with Crippen LogP contribution >= 0.6 is 0 Å². The van der Waals surface area contributed by atoms with Gasteiger partial charge in [-0.05, 0) is 50.1 Å². The van der Waals surface area contributed by atoms with Gasteiger partial charge < -0.3 is 4.90 Å². The zero-order valence-corrected chi connectivity index (χ0v) is 17.2. The van der Waals surface area contributed by atoms with Crippen LogP contribution in [0, 0.1) is 12.7 Å². The normalized spacial score (nSPS) is 14.3. The zero-order valence-electron chi connectivity index (χ0n) is 17.2. The molecular formula is C21H20F7N3O. The molecule has 3 rings (SSSR count). The minimum Gasteiger partial charge on any atom is -0.371 e. The molecule has 1 fully saturated rings. The van der Waals surface area contributed by atoms with Crippen LogP contribution in [0.15, 0.2) is 24.3 Å². The average Bonchev–Trinajstić information content (AvgIpc) is 2.63. The number of aromatic nitrogens is 1. The molecule has 0 N–H and O–H groups in total. The van der Waals surface area contributed by atoms with Crippen molar-refractivity contribution >= 4 is 17.4 Å². The van der Waals surface area contributed by atoms with Crippen molar-refractivity contribution in [1.82, 2.24) is 4.98 Å². The van der Waals surface area contributed by atoms with Crippen LogP contribution in [0.25, 0.3) is 0 Å². The van der Waals surface area contributed by atoms with E-state index in [4.69, 9.17) is 0 Å². The molecule has 1 aliphatic rings. The third-order valence-electron chi connectivity index (χ3n) is 5.28. The van der Waals surface area contributed by atoms with Crippen LogP contribution in [0.5, 0.6) is 0 Å². The molecule has 2 aromatic rings. The van der Waals surface area contributed by atoms with E-state index in [0.29, 0.717) is 12.5 Å². The molecule has 2 heterocycles. The Morgan fingerprint density at radius 3 is 2.22 bits per heavy atom. The van der Waals surface area contributed by atoms with Gasteiger partial charge in [0.1, 0.15) is 11.6 Å². The standard InChI is InChI=1S/C21H20F7N3O/c1-3-31(18-6-5-16(22)12(2)29-18)19(32)11-14-15(21(26,27)28)9-13(20(23,24)25)10-17(14)30-7-4-8-30/h5-6,9-10H,3-4,7-8,11H2,1-2H3. The highest BCUT2D eigenvalue weighted by molar-refractivity contribution is 5.95. The summed E-state index contributed by atoms with van der Waals surface area (Å²) >= 11 is 0. The summed E-state index contributed by atoms with van der Waals surface area (Å²) in [6.45, 7) is 3.53. The Labute approximate surface area is 179 Å². The van der Waals surface area contributed by atoms with Crippen molar-refractivity contribution in [2.45, 2.75) is 39.0 Å². The largest absolute Gasteiger partial charge is 0.416 e. The molecule has 0 bridgehead atoms. The lowest BCUT2D eigenvalue weighted by molar-refractivity contribution is -0.143. The van der Waals surface area contributed by atoms with Crippen molar-refractivity contribution in [3.8, 4) is 0 Å². The van der Waals surface area contributed by atoms with E-state index in [1.807, 2.05) is 0 Å². The van der Waals surface area contributed by atoms with E-state index in [1.54, 1.807) is 6.92 Å². The number of aryl methyl sites for hydroxylation is 1. The highest BCUT2D eigenvalue weighted by Gasteiger charge is 2.41. The summed E-state index contributed by atoms with van der Waals surface area (Å²) in [7, 11) is 0. The fraction of sp³-hybridized carbons (Fsp3) is 0.429. The maximum absolute atomic E-state index is 13.8. The second-order valence-corrected chi connectivity index (χ2v) is 7.41. The summed E-state index contributed by atoms with van der Waals surface area (Å²) in [4.78, 5) is 19.4. The Kier molecular flexibility index (Phi) is 6.39. The van der Waals surface area contributed by atoms with Crippen LogP contribution in [-0.2, 0) is 23.6 Å². The number of amides is 1. The van der Waals surface area contributed by atoms with Gasteiger partial charge in [-0.15, -0.1) is 0 Å². The molecule has 1 saturated heterocycles. The minimum absolute atomic E-state index is 0.000490. The van der Waals surface area contributed by atoms with Crippen LogP contribution < -0.4 is 9.80 Å². The minimum atomic E-state index is -5.10. The first-order valence-electron chi connectivity index (χ1n) is 9.82. The Morgan fingerprint density at radius 2 is 1.75 bits per heavy atom. The van der Waals surface area contributed by atoms with E-state index in [0.717, 1.165) is 11.0 Å². The van der Waals surface area contributed by atoms with Crippen LogP contribution in [0.2, 0.25) is 0 Å². The number of halogens is 7. The highest BCUT2D eigenvalue weighted by atomic mass is 19.4. The van der Waals surface area contributed by atoms with Crippen molar-refractivity contribution in [3.63, 3.8) is 0 Å². The number of rotatable bonds is 5. The maximum Gasteiger partial charge on any atom is 0.416 e. The third-order valence-corrected chi connectivity index (χ3v) is 5.28. The van der Waals surface area contributed by atoms with Gasteiger partial charge in [0, 0.05) is 25.3 Å². The van der Waals surface area contributed by atoms with Gasteiger partial charge in [0.2, 0.25) is 5.91 Å². The fourth-order valence-electron chi connectivity index (χ4n) is 3.49. The Bertz CT molecular complexity index is 1010. The fourth-order valence-corrected chi connectivity index (χ4v) is 3.49. The Morgan fingerprint density at radius 1 is 1.09 bits per heavy atom. The number of alkyl halides is 6. The average molecular weight is 463 g/mol. The molecule has 0 aliphatic carbocycles. The second kappa shape index (κ2) is 8.59. The van der Waals surface area contributed by atoms with Gasteiger partial charge in [0.25, 0.3) is 0 Å². The topological polar surface area (TPSA) is 36.4 Å². The molecule has 0 saturated carbocycles. The summed E-state index contributed by atoms with van der Waals surface area (Å²) in [5.41, 5.74) is -3.70. The molecular weight excluding hydrogens is 443 g/mol. The predicted octanol–water partition coefficient (Wildman–Crippen LogP) is 5.37. The van der Waals surface area contributed by atoms with E-state index in [2.05, 4.69) is 4.98 Å². The van der Waals surface area contributed by atoms with Gasteiger partial charge in [0.15, 0.2) is 0 Å².